The third-order valence-corrected chi connectivity index (χ3v) is 1.57. The van der Waals surface area contributed by atoms with Crippen molar-refractivity contribution in [1.82, 2.24) is 4.72 Å². The van der Waals surface area contributed by atoms with Gasteiger partial charge < -0.3 is 10.8 Å². The SMILES string of the molecule is CS(=O)(=O)NC[C@@H](N)C(=O)O. The Morgan fingerprint density at radius 3 is 2.45 bits per heavy atom. The van der Waals surface area contributed by atoms with Crippen LogP contribution in [0.4, 0.5) is 0 Å². The number of carboxylic acids is 1. The van der Waals surface area contributed by atoms with E-state index in [0.29, 0.717) is 0 Å². The molecule has 0 saturated carbocycles. The van der Waals surface area contributed by atoms with Gasteiger partial charge in [-0.1, -0.05) is 0 Å². The molecule has 0 amide bonds. The second kappa shape index (κ2) is 3.65. The molecule has 0 radical (unpaired) electrons. The lowest BCUT2D eigenvalue weighted by atomic mass is 10.3. The van der Waals surface area contributed by atoms with Gasteiger partial charge >= 0.3 is 5.97 Å². The summed E-state index contributed by atoms with van der Waals surface area (Å²) in [5, 5.41) is 8.22. The zero-order chi connectivity index (χ0) is 9.07. The number of nitrogens with one attached hydrogen (secondary N) is 1. The smallest absolute Gasteiger partial charge is 0.321 e. The van der Waals surface area contributed by atoms with Crippen molar-refractivity contribution in [2.75, 3.05) is 12.8 Å². The van der Waals surface area contributed by atoms with E-state index in [0.717, 1.165) is 6.26 Å². The number of aliphatic carboxylic acids is 1. The Morgan fingerprint density at radius 1 is 1.73 bits per heavy atom. The van der Waals surface area contributed by atoms with Crippen LogP contribution in [0.1, 0.15) is 0 Å². The van der Waals surface area contributed by atoms with Crippen molar-refractivity contribution in [3.63, 3.8) is 0 Å². The Labute approximate surface area is 64.4 Å². The van der Waals surface area contributed by atoms with Gasteiger partial charge in [-0.05, 0) is 0 Å². The summed E-state index contributed by atoms with van der Waals surface area (Å²) in [5.41, 5.74) is 5.00. The van der Waals surface area contributed by atoms with Crippen LogP contribution in [-0.4, -0.2) is 38.3 Å². The first-order valence-corrected chi connectivity index (χ1v) is 4.65. The summed E-state index contributed by atoms with van der Waals surface area (Å²) in [4.78, 5) is 10.1. The molecule has 0 saturated heterocycles. The monoisotopic (exact) mass is 182 g/mol. The molecule has 0 aliphatic rings. The zero-order valence-corrected chi connectivity index (χ0v) is 6.76. The predicted octanol–water partition coefficient (Wildman–Crippen LogP) is -2.05. The molecule has 0 heterocycles. The van der Waals surface area contributed by atoms with Gasteiger partial charge in [-0.3, -0.25) is 4.79 Å². The maximum Gasteiger partial charge on any atom is 0.321 e. The highest BCUT2D eigenvalue weighted by atomic mass is 32.2. The van der Waals surface area contributed by atoms with E-state index in [2.05, 4.69) is 0 Å². The fourth-order valence-corrected chi connectivity index (χ4v) is 0.811. The Morgan fingerprint density at radius 2 is 2.18 bits per heavy atom. The van der Waals surface area contributed by atoms with Crippen LogP contribution in [0.5, 0.6) is 0 Å². The minimum atomic E-state index is -3.35. The van der Waals surface area contributed by atoms with E-state index in [1.165, 1.54) is 0 Å². The molecule has 0 aromatic heterocycles. The summed E-state index contributed by atoms with van der Waals surface area (Å²) in [7, 11) is -3.35. The number of nitrogens with two attached hydrogens (primary N) is 1. The van der Waals surface area contributed by atoms with Gasteiger partial charge in [-0.25, -0.2) is 13.1 Å². The van der Waals surface area contributed by atoms with Crippen LogP contribution in [0, 0.1) is 0 Å². The molecule has 0 aliphatic carbocycles. The normalized spacial score (nSPS) is 14.4. The maximum absolute atomic E-state index is 10.4. The number of sulfonamides is 1. The highest BCUT2D eigenvalue weighted by molar-refractivity contribution is 7.88. The van der Waals surface area contributed by atoms with Gasteiger partial charge in [0.2, 0.25) is 10.0 Å². The molecular formula is C4H10N2O4S. The first kappa shape index (κ1) is 10.3. The van der Waals surface area contributed by atoms with Gasteiger partial charge in [0.15, 0.2) is 0 Å². The molecule has 0 fully saturated rings. The van der Waals surface area contributed by atoms with Crippen molar-refractivity contribution >= 4 is 16.0 Å². The molecule has 0 aliphatic heterocycles. The summed E-state index contributed by atoms with van der Waals surface area (Å²) >= 11 is 0. The van der Waals surface area contributed by atoms with Crippen LogP contribution in [0.2, 0.25) is 0 Å². The topological polar surface area (TPSA) is 109 Å². The molecule has 1 atom stereocenters. The molecule has 0 bridgehead atoms. The van der Waals surface area contributed by atoms with Crippen LogP contribution in [0.25, 0.3) is 0 Å². The summed E-state index contributed by atoms with van der Waals surface area (Å²) in [6.45, 7) is -0.284. The van der Waals surface area contributed by atoms with Crippen molar-refractivity contribution < 1.29 is 18.3 Å². The average molecular weight is 182 g/mol. The molecule has 7 heteroatoms. The predicted molar refractivity (Wildman–Crippen MR) is 38.5 cm³/mol. The Bertz CT molecular complexity index is 234. The number of carboxylic acid groups (broad SMARTS) is 1. The zero-order valence-electron chi connectivity index (χ0n) is 5.94. The second-order valence-corrected chi connectivity index (χ2v) is 3.90. The van der Waals surface area contributed by atoms with E-state index in [9.17, 15) is 13.2 Å². The first-order valence-electron chi connectivity index (χ1n) is 2.76. The molecule has 0 aromatic rings. The molecule has 6 nitrogen and oxygen atoms in total. The van der Waals surface area contributed by atoms with Crippen LogP contribution < -0.4 is 10.5 Å². The molecule has 11 heavy (non-hydrogen) atoms. The molecule has 4 N–H and O–H groups in total. The van der Waals surface area contributed by atoms with Crippen molar-refractivity contribution in [2.24, 2.45) is 5.73 Å². The van der Waals surface area contributed by atoms with E-state index < -0.39 is 22.0 Å². The largest absolute Gasteiger partial charge is 0.480 e. The van der Waals surface area contributed by atoms with Gasteiger partial charge in [-0.2, -0.15) is 0 Å². The molecule has 0 aromatic carbocycles. The number of rotatable bonds is 4. The summed E-state index contributed by atoms with van der Waals surface area (Å²) in [5.74, 6) is -1.24. The number of hydrogen-bond acceptors (Lipinski definition) is 4. The molecule has 0 spiro atoms. The van der Waals surface area contributed by atoms with Crippen LogP contribution >= 0.6 is 0 Å². The fourth-order valence-electron chi connectivity index (χ4n) is 0.328. The molecular weight excluding hydrogens is 172 g/mol. The molecule has 0 rings (SSSR count). The lowest BCUT2D eigenvalue weighted by Gasteiger charge is -2.05. The van der Waals surface area contributed by atoms with E-state index in [1.807, 2.05) is 4.72 Å². The quantitative estimate of drug-likeness (QED) is 0.463. The minimum absolute atomic E-state index is 0.284. The highest BCUT2D eigenvalue weighted by Crippen LogP contribution is 1.78. The van der Waals surface area contributed by atoms with Crippen molar-refractivity contribution in [1.29, 1.82) is 0 Å². The maximum atomic E-state index is 10.4. The average Bonchev–Trinajstić information content (AvgIpc) is 1.80. The Kier molecular flexibility index (Phi) is 3.43. The van der Waals surface area contributed by atoms with E-state index in [4.69, 9.17) is 10.8 Å². The second-order valence-electron chi connectivity index (χ2n) is 2.07. The highest BCUT2D eigenvalue weighted by Gasteiger charge is 2.12. The van der Waals surface area contributed by atoms with E-state index >= 15 is 0 Å². The number of hydrogen-bond donors (Lipinski definition) is 3. The lowest BCUT2D eigenvalue weighted by molar-refractivity contribution is -0.138. The Balaban J connectivity index is 3.82. The van der Waals surface area contributed by atoms with Gasteiger partial charge in [0.1, 0.15) is 6.04 Å². The van der Waals surface area contributed by atoms with Gasteiger partial charge in [0.05, 0.1) is 6.26 Å². The fraction of sp³-hybridized carbons (Fsp3) is 0.750. The van der Waals surface area contributed by atoms with Crippen LogP contribution in [0.15, 0.2) is 0 Å². The van der Waals surface area contributed by atoms with Crippen molar-refractivity contribution in [3.8, 4) is 0 Å². The number of carbonyl (C=O) groups is 1. The molecule has 66 valence electrons. The summed E-state index contributed by atoms with van der Waals surface area (Å²) in [6.07, 6.45) is 0.932. The minimum Gasteiger partial charge on any atom is -0.480 e. The Hall–Kier alpha value is -0.660. The van der Waals surface area contributed by atoms with E-state index in [-0.39, 0.29) is 6.54 Å². The lowest BCUT2D eigenvalue weighted by Crippen LogP contribution is -2.42. The third kappa shape index (κ3) is 5.77. The van der Waals surface area contributed by atoms with Gasteiger partial charge in [-0.15, -0.1) is 0 Å². The van der Waals surface area contributed by atoms with Crippen molar-refractivity contribution in [3.05, 3.63) is 0 Å². The first-order chi connectivity index (χ1) is 4.83. The van der Waals surface area contributed by atoms with Crippen molar-refractivity contribution in [2.45, 2.75) is 6.04 Å². The van der Waals surface area contributed by atoms with Gasteiger partial charge in [0.25, 0.3) is 0 Å². The van der Waals surface area contributed by atoms with Crippen LogP contribution in [0.3, 0.4) is 0 Å². The van der Waals surface area contributed by atoms with Crippen LogP contribution in [-0.2, 0) is 14.8 Å². The van der Waals surface area contributed by atoms with Gasteiger partial charge in [0, 0.05) is 6.54 Å². The molecule has 0 unspecified atom stereocenters. The van der Waals surface area contributed by atoms with E-state index in [1.54, 1.807) is 0 Å². The third-order valence-electron chi connectivity index (χ3n) is 0.883. The summed E-state index contributed by atoms with van der Waals surface area (Å²) < 4.78 is 22.8. The summed E-state index contributed by atoms with van der Waals surface area (Å²) in [6, 6.07) is -1.19. The standard InChI is InChI=1S/C4H10N2O4S/c1-11(9,10)6-2-3(5)4(7)8/h3,6H,2,5H2,1H3,(H,7,8)/t3-/m1/s1.